The quantitative estimate of drug-likeness (QED) is 0.625. The van der Waals surface area contributed by atoms with Gasteiger partial charge in [-0.1, -0.05) is 54.1 Å². The fourth-order valence-corrected chi connectivity index (χ4v) is 1.89. The van der Waals surface area contributed by atoms with Gasteiger partial charge in [0.2, 0.25) is 0 Å². The minimum atomic E-state index is 1.10. The van der Waals surface area contributed by atoms with Gasteiger partial charge >= 0.3 is 0 Å². The molecule has 0 aromatic heterocycles. The van der Waals surface area contributed by atoms with Gasteiger partial charge in [0, 0.05) is 0 Å². The molecule has 0 fully saturated rings. The zero-order chi connectivity index (χ0) is 9.80. The van der Waals surface area contributed by atoms with Crippen LogP contribution in [0.25, 0.3) is 0 Å². The Kier molecular flexibility index (Phi) is 2.83. The van der Waals surface area contributed by atoms with Crippen molar-refractivity contribution in [3.63, 3.8) is 0 Å². The van der Waals surface area contributed by atoms with Crippen LogP contribution in [0.2, 0.25) is 0 Å². The van der Waals surface area contributed by atoms with Gasteiger partial charge in [-0.3, -0.25) is 0 Å². The molecule has 0 unspecified atom stereocenters. The third-order valence-corrected chi connectivity index (χ3v) is 2.73. The highest BCUT2D eigenvalue weighted by Crippen LogP contribution is 2.25. The molecule has 1 aromatic carbocycles. The third kappa shape index (κ3) is 2.35. The summed E-state index contributed by atoms with van der Waals surface area (Å²) in [4.78, 5) is 0. The monoisotopic (exact) mass is 184 g/mol. The standard InChI is InChI=1S/C14H16/c1-12-7-8-14(11-12)10-9-13-5-3-2-4-6-13/h2-6,8H,1,7,9-11H2. The number of rotatable bonds is 3. The molecule has 0 spiro atoms. The van der Waals surface area contributed by atoms with Gasteiger partial charge in [-0.05, 0) is 31.2 Å². The van der Waals surface area contributed by atoms with Crippen molar-refractivity contribution in [2.75, 3.05) is 0 Å². The molecular formula is C14H16. The van der Waals surface area contributed by atoms with Gasteiger partial charge in [-0.15, -0.1) is 0 Å². The van der Waals surface area contributed by atoms with Crippen molar-refractivity contribution >= 4 is 0 Å². The molecule has 1 aliphatic rings. The molecular weight excluding hydrogens is 168 g/mol. The van der Waals surface area contributed by atoms with Crippen LogP contribution in [0.5, 0.6) is 0 Å². The van der Waals surface area contributed by atoms with E-state index >= 15 is 0 Å². The Balaban J connectivity index is 1.86. The van der Waals surface area contributed by atoms with Crippen LogP contribution in [0.1, 0.15) is 24.8 Å². The van der Waals surface area contributed by atoms with Crippen molar-refractivity contribution in [1.29, 1.82) is 0 Å². The summed E-state index contributed by atoms with van der Waals surface area (Å²) in [5, 5.41) is 0. The highest BCUT2D eigenvalue weighted by molar-refractivity contribution is 5.25. The summed E-state index contributed by atoms with van der Waals surface area (Å²) in [7, 11) is 0. The van der Waals surface area contributed by atoms with E-state index < -0.39 is 0 Å². The van der Waals surface area contributed by atoms with Crippen LogP contribution in [0.3, 0.4) is 0 Å². The number of hydrogen-bond donors (Lipinski definition) is 0. The molecule has 0 saturated carbocycles. The van der Waals surface area contributed by atoms with Gasteiger partial charge in [0.15, 0.2) is 0 Å². The van der Waals surface area contributed by atoms with Crippen molar-refractivity contribution in [2.45, 2.75) is 25.7 Å². The maximum absolute atomic E-state index is 4.01. The highest BCUT2D eigenvalue weighted by atomic mass is 14.1. The van der Waals surface area contributed by atoms with Crippen molar-refractivity contribution in [3.05, 3.63) is 59.7 Å². The molecule has 2 rings (SSSR count). The molecule has 0 heterocycles. The molecule has 1 aromatic rings. The molecule has 72 valence electrons. The van der Waals surface area contributed by atoms with Crippen molar-refractivity contribution in [1.82, 2.24) is 0 Å². The summed E-state index contributed by atoms with van der Waals surface area (Å²) in [6.07, 6.45) is 6.94. The zero-order valence-corrected chi connectivity index (χ0v) is 8.50. The number of allylic oxidation sites excluding steroid dienone is 3. The molecule has 0 amide bonds. The number of hydrogen-bond acceptors (Lipinski definition) is 0. The SMILES string of the molecule is C=C1CC=C(CCc2ccccc2)C1. The largest absolute Gasteiger partial charge is 0.0992 e. The van der Waals surface area contributed by atoms with E-state index in [0.717, 1.165) is 12.8 Å². The maximum Gasteiger partial charge on any atom is -0.0108 e. The van der Waals surface area contributed by atoms with Gasteiger partial charge in [0.1, 0.15) is 0 Å². The fourth-order valence-electron chi connectivity index (χ4n) is 1.89. The van der Waals surface area contributed by atoms with Gasteiger partial charge in [0.05, 0.1) is 0 Å². The smallest absolute Gasteiger partial charge is 0.0108 e. The van der Waals surface area contributed by atoms with E-state index in [1.807, 2.05) is 0 Å². The van der Waals surface area contributed by atoms with Crippen molar-refractivity contribution < 1.29 is 0 Å². The van der Waals surface area contributed by atoms with Gasteiger partial charge in [-0.2, -0.15) is 0 Å². The fraction of sp³-hybridized carbons (Fsp3) is 0.286. The predicted molar refractivity (Wildman–Crippen MR) is 61.2 cm³/mol. The first-order chi connectivity index (χ1) is 6.84. The lowest BCUT2D eigenvalue weighted by Gasteiger charge is -2.02. The molecule has 0 saturated heterocycles. The van der Waals surface area contributed by atoms with E-state index in [-0.39, 0.29) is 0 Å². The van der Waals surface area contributed by atoms with Crippen LogP contribution in [0, 0.1) is 0 Å². The first-order valence-corrected chi connectivity index (χ1v) is 5.23. The van der Waals surface area contributed by atoms with Crippen LogP contribution in [-0.2, 0) is 6.42 Å². The molecule has 0 atom stereocenters. The molecule has 0 N–H and O–H groups in total. The Morgan fingerprint density at radius 1 is 1.07 bits per heavy atom. The first-order valence-electron chi connectivity index (χ1n) is 5.23. The molecule has 14 heavy (non-hydrogen) atoms. The Labute approximate surface area is 86.0 Å². The topological polar surface area (TPSA) is 0 Å². The molecule has 1 aliphatic carbocycles. The number of aryl methyl sites for hydroxylation is 1. The van der Waals surface area contributed by atoms with Crippen LogP contribution >= 0.6 is 0 Å². The van der Waals surface area contributed by atoms with E-state index in [0.29, 0.717) is 0 Å². The lowest BCUT2D eigenvalue weighted by Crippen LogP contribution is -1.86. The molecule has 0 radical (unpaired) electrons. The highest BCUT2D eigenvalue weighted by Gasteiger charge is 2.07. The van der Waals surface area contributed by atoms with E-state index in [4.69, 9.17) is 0 Å². The Morgan fingerprint density at radius 3 is 2.50 bits per heavy atom. The summed E-state index contributed by atoms with van der Waals surface area (Å²) in [6.45, 7) is 4.01. The van der Waals surface area contributed by atoms with Gasteiger partial charge < -0.3 is 0 Å². The van der Waals surface area contributed by atoms with Gasteiger partial charge in [-0.25, -0.2) is 0 Å². The lowest BCUT2D eigenvalue weighted by atomic mass is 10.0. The van der Waals surface area contributed by atoms with Crippen LogP contribution in [-0.4, -0.2) is 0 Å². The molecule has 0 heteroatoms. The number of benzene rings is 1. The van der Waals surface area contributed by atoms with Crippen LogP contribution in [0.15, 0.2) is 54.1 Å². The van der Waals surface area contributed by atoms with Crippen LogP contribution < -0.4 is 0 Å². The average Bonchev–Trinajstić information content (AvgIpc) is 2.63. The molecule has 0 nitrogen and oxygen atoms in total. The van der Waals surface area contributed by atoms with Crippen molar-refractivity contribution in [3.8, 4) is 0 Å². The Morgan fingerprint density at radius 2 is 1.86 bits per heavy atom. The third-order valence-electron chi connectivity index (χ3n) is 2.73. The summed E-state index contributed by atoms with van der Waals surface area (Å²) in [5.74, 6) is 0. The minimum Gasteiger partial charge on any atom is -0.0992 e. The van der Waals surface area contributed by atoms with E-state index in [2.05, 4.69) is 43.0 Å². The zero-order valence-electron chi connectivity index (χ0n) is 8.50. The van der Waals surface area contributed by atoms with E-state index in [9.17, 15) is 0 Å². The normalized spacial score (nSPS) is 15.7. The maximum atomic E-state index is 4.01. The predicted octanol–water partition coefficient (Wildman–Crippen LogP) is 3.90. The van der Waals surface area contributed by atoms with Crippen molar-refractivity contribution in [2.24, 2.45) is 0 Å². The summed E-state index contributed by atoms with van der Waals surface area (Å²) < 4.78 is 0. The summed E-state index contributed by atoms with van der Waals surface area (Å²) in [5.41, 5.74) is 4.37. The summed E-state index contributed by atoms with van der Waals surface area (Å²) >= 11 is 0. The average molecular weight is 184 g/mol. The minimum absolute atomic E-state index is 1.10. The molecule has 0 bridgehead atoms. The first kappa shape index (κ1) is 9.26. The second kappa shape index (κ2) is 4.28. The van der Waals surface area contributed by atoms with E-state index in [1.54, 1.807) is 5.57 Å². The lowest BCUT2D eigenvalue weighted by molar-refractivity contribution is 0.915. The molecule has 0 aliphatic heterocycles. The van der Waals surface area contributed by atoms with Gasteiger partial charge in [0.25, 0.3) is 0 Å². The van der Waals surface area contributed by atoms with E-state index in [1.165, 1.54) is 24.0 Å². The van der Waals surface area contributed by atoms with Crippen LogP contribution in [0.4, 0.5) is 0 Å². The Bertz CT molecular complexity index is 344. The second-order valence-electron chi connectivity index (χ2n) is 3.98. The summed E-state index contributed by atoms with van der Waals surface area (Å²) in [6, 6.07) is 10.7. The Hall–Kier alpha value is -1.30. The second-order valence-corrected chi connectivity index (χ2v) is 3.98.